The number of hydrogen-bond donors (Lipinski definition) is 0. The van der Waals surface area contributed by atoms with E-state index in [0.717, 1.165) is 50.1 Å². The van der Waals surface area contributed by atoms with Crippen molar-refractivity contribution < 1.29 is 4.42 Å². The van der Waals surface area contributed by atoms with E-state index in [0.29, 0.717) is 0 Å². The highest BCUT2D eigenvalue weighted by molar-refractivity contribution is 7.27. The van der Waals surface area contributed by atoms with E-state index in [9.17, 15) is 0 Å². The largest absolute Gasteiger partial charge is 0.455 e. The Kier molecular flexibility index (Phi) is 7.62. The Morgan fingerprint density at radius 2 is 1.03 bits per heavy atom. The number of para-hydroxylation sites is 1. The summed E-state index contributed by atoms with van der Waals surface area (Å²) in [4.78, 5) is 2.51. The zero-order valence-electron chi connectivity index (χ0n) is 31.2. The molecule has 0 spiro atoms. The summed E-state index contributed by atoms with van der Waals surface area (Å²) in [6.45, 7) is 0. The van der Waals surface area contributed by atoms with E-state index in [4.69, 9.17) is 4.42 Å². The smallest absolute Gasteiger partial charge is 0.143 e. The van der Waals surface area contributed by atoms with E-state index in [1.165, 1.54) is 62.6 Å². The number of rotatable bonds is 6. The number of nitrogens with zero attached hydrogens (tertiary/aromatic N) is 1. The van der Waals surface area contributed by atoms with E-state index in [1.807, 2.05) is 22.7 Å². The lowest BCUT2D eigenvalue weighted by atomic mass is 9.98. The van der Waals surface area contributed by atoms with Crippen molar-refractivity contribution >= 4 is 102 Å². The predicted octanol–water partition coefficient (Wildman–Crippen LogP) is 16.8. The number of benzene rings is 9. The van der Waals surface area contributed by atoms with Gasteiger partial charge in [-0.2, -0.15) is 0 Å². The number of furan rings is 1. The lowest BCUT2D eigenvalue weighted by Gasteiger charge is -2.27. The van der Waals surface area contributed by atoms with Gasteiger partial charge in [-0.1, -0.05) is 158 Å². The van der Waals surface area contributed by atoms with Gasteiger partial charge in [-0.3, -0.25) is 0 Å². The minimum atomic E-state index is 0.876. The Morgan fingerprint density at radius 3 is 1.84 bits per heavy atom. The molecule has 4 heteroatoms. The fourth-order valence-corrected chi connectivity index (χ4v) is 11.3. The highest BCUT2D eigenvalue weighted by Crippen LogP contribution is 2.52. The summed E-state index contributed by atoms with van der Waals surface area (Å²) in [5.41, 5.74) is 12.3. The van der Waals surface area contributed by atoms with Crippen LogP contribution < -0.4 is 4.90 Å². The molecule has 0 unspecified atom stereocenters. The van der Waals surface area contributed by atoms with Gasteiger partial charge in [-0.15, -0.1) is 22.7 Å². The molecule has 0 fully saturated rings. The average Bonchev–Trinajstić information content (AvgIpc) is 3.99. The fourth-order valence-electron chi connectivity index (χ4n) is 8.79. The third kappa shape index (κ3) is 5.23. The van der Waals surface area contributed by atoms with Crippen molar-refractivity contribution in [2.24, 2.45) is 0 Å². The van der Waals surface area contributed by atoms with Crippen molar-refractivity contribution in [1.29, 1.82) is 0 Å². The molecule has 0 aliphatic rings. The molecule has 0 bridgehead atoms. The topological polar surface area (TPSA) is 16.4 Å². The number of fused-ring (bicyclic) bond motifs is 9. The first-order valence-corrected chi connectivity index (χ1v) is 21.2. The molecular weight excluding hydrogens is 743 g/mol. The highest BCUT2D eigenvalue weighted by atomic mass is 32.1. The van der Waals surface area contributed by atoms with Crippen molar-refractivity contribution in [3.63, 3.8) is 0 Å². The summed E-state index contributed by atoms with van der Waals surface area (Å²) >= 11 is 3.75. The summed E-state index contributed by atoms with van der Waals surface area (Å²) in [6.07, 6.45) is 0. The average molecular weight is 776 g/mol. The molecule has 272 valence electrons. The van der Waals surface area contributed by atoms with Gasteiger partial charge in [0.25, 0.3) is 0 Å². The molecule has 0 amide bonds. The van der Waals surface area contributed by atoms with Crippen LogP contribution in [0.3, 0.4) is 0 Å². The summed E-state index contributed by atoms with van der Waals surface area (Å²) in [5.74, 6) is 0. The molecule has 9 aromatic carbocycles. The maximum Gasteiger partial charge on any atom is 0.143 e. The van der Waals surface area contributed by atoms with Gasteiger partial charge in [0.2, 0.25) is 0 Å². The van der Waals surface area contributed by atoms with Crippen molar-refractivity contribution in [3.05, 3.63) is 200 Å². The molecule has 0 N–H and O–H groups in total. The second kappa shape index (κ2) is 13.3. The van der Waals surface area contributed by atoms with Crippen LogP contribution in [-0.2, 0) is 0 Å². The van der Waals surface area contributed by atoms with Crippen LogP contribution in [0.1, 0.15) is 0 Å². The van der Waals surface area contributed by atoms with Gasteiger partial charge in [-0.25, -0.2) is 0 Å². The van der Waals surface area contributed by atoms with Crippen LogP contribution in [0.15, 0.2) is 205 Å². The summed E-state index contributed by atoms with van der Waals surface area (Å²) < 4.78 is 11.8. The molecule has 3 heterocycles. The highest BCUT2D eigenvalue weighted by Gasteiger charge is 2.25. The Labute approximate surface area is 343 Å². The van der Waals surface area contributed by atoms with Gasteiger partial charge in [-0.05, 0) is 70.3 Å². The van der Waals surface area contributed by atoms with Crippen molar-refractivity contribution in [2.75, 3.05) is 4.90 Å². The Hall–Kier alpha value is -6.98. The van der Waals surface area contributed by atoms with Crippen LogP contribution in [-0.4, -0.2) is 0 Å². The molecule has 58 heavy (non-hydrogen) atoms. The van der Waals surface area contributed by atoms with Gasteiger partial charge in [0, 0.05) is 57.7 Å². The maximum absolute atomic E-state index is 6.71. The van der Waals surface area contributed by atoms with Gasteiger partial charge < -0.3 is 9.32 Å². The molecule has 2 nitrogen and oxygen atoms in total. The normalized spacial score (nSPS) is 11.8. The first-order chi connectivity index (χ1) is 28.8. The molecule has 0 atom stereocenters. The van der Waals surface area contributed by atoms with Crippen LogP contribution in [0, 0.1) is 0 Å². The molecule has 0 aliphatic carbocycles. The van der Waals surface area contributed by atoms with Crippen LogP contribution in [0.4, 0.5) is 17.1 Å². The van der Waals surface area contributed by atoms with E-state index in [1.54, 1.807) is 0 Å². The maximum atomic E-state index is 6.71. The second-order valence-electron chi connectivity index (χ2n) is 14.8. The number of thiophene rings is 2. The second-order valence-corrected chi connectivity index (χ2v) is 16.9. The van der Waals surface area contributed by atoms with Gasteiger partial charge in [0.1, 0.15) is 11.2 Å². The van der Waals surface area contributed by atoms with Crippen LogP contribution in [0.25, 0.3) is 95.7 Å². The van der Waals surface area contributed by atoms with Gasteiger partial charge in [0.05, 0.1) is 16.1 Å². The number of hydrogen-bond acceptors (Lipinski definition) is 4. The molecule has 0 saturated heterocycles. The minimum absolute atomic E-state index is 0.876. The SMILES string of the molecule is c1ccc(-c2ccc3c(c2)sc2c(-c4ccccc4)ccc(N(c4ccc5oc6c(-c7ccccc7)cccc6c5c4)c4cccc5c4sc4ccccc45)c23)cc1. The van der Waals surface area contributed by atoms with E-state index in [-0.39, 0.29) is 0 Å². The van der Waals surface area contributed by atoms with Crippen LogP contribution in [0.5, 0.6) is 0 Å². The zero-order chi connectivity index (χ0) is 38.2. The molecule has 0 saturated carbocycles. The minimum Gasteiger partial charge on any atom is -0.455 e. The molecular formula is C54H33NOS2. The molecule has 3 aromatic heterocycles. The molecule has 0 radical (unpaired) electrons. The lowest BCUT2D eigenvalue weighted by molar-refractivity contribution is 0.670. The quantitative estimate of drug-likeness (QED) is 0.167. The van der Waals surface area contributed by atoms with Gasteiger partial charge in [0.15, 0.2) is 0 Å². The van der Waals surface area contributed by atoms with Crippen molar-refractivity contribution in [2.45, 2.75) is 0 Å². The van der Waals surface area contributed by atoms with Crippen molar-refractivity contribution in [1.82, 2.24) is 0 Å². The van der Waals surface area contributed by atoms with E-state index in [2.05, 4.69) is 205 Å². The first kappa shape index (κ1) is 33.2. The first-order valence-electron chi connectivity index (χ1n) is 19.6. The lowest BCUT2D eigenvalue weighted by Crippen LogP contribution is -2.10. The van der Waals surface area contributed by atoms with Crippen molar-refractivity contribution in [3.8, 4) is 33.4 Å². The zero-order valence-corrected chi connectivity index (χ0v) is 32.9. The van der Waals surface area contributed by atoms with E-state index < -0.39 is 0 Å². The third-order valence-corrected chi connectivity index (χ3v) is 13.9. The third-order valence-electron chi connectivity index (χ3n) is 11.5. The van der Waals surface area contributed by atoms with E-state index >= 15 is 0 Å². The molecule has 12 rings (SSSR count). The molecule has 0 aliphatic heterocycles. The Bertz CT molecular complexity index is 3510. The fraction of sp³-hybridized carbons (Fsp3) is 0. The van der Waals surface area contributed by atoms with Gasteiger partial charge >= 0.3 is 0 Å². The van der Waals surface area contributed by atoms with Crippen LogP contribution in [0.2, 0.25) is 0 Å². The monoisotopic (exact) mass is 775 g/mol. The van der Waals surface area contributed by atoms with Crippen LogP contribution >= 0.6 is 22.7 Å². The Balaban J connectivity index is 1.16. The summed E-state index contributed by atoms with van der Waals surface area (Å²) in [6, 6.07) is 72.5. The summed E-state index contributed by atoms with van der Waals surface area (Å²) in [7, 11) is 0. The molecule has 12 aromatic rings. The summed E-state index contributed by atoms with van der Waals surface area (Å²) in [5, 5.41) is 7.26. The standard InChI is InChI=1S/C54H33NOS2/c1-4-14-34(15-5-1)37-26-28-44-50(32-37)58-54-40(36-18-8-3-9-19-36)29-30-46(51(44)54)55(47-24-13-23-43-41-20-10-11-25-49(41)57-53(43)47)38-27-31-48-45(33-38)42-22-12-21-39(52(42)56-48)35-16-6-2-7-17-35/h1-33H. The predicted molar refractivity (Wildman–Crippen MR) is 250 cm³/mol. The number of anilines is 3. The Morgan fingerprint density at radius 1 is 0.362 bits per heavy atom.